The van der Waals surface area contributed by atoms with Gasteiger partial charge >= 0.3 is 0 Å². The van der Waals surface area contributed by atoms with Crippen molar-refractivity contribution in [3.05, 3.63) is 28.9 Å². The molecule has 1 saturated heterocycles. The van der Waals surface area contributed by atoms with Crippen molar-refractivity contribution in [1.82, 2.24) is 14.3 Å². The molecule has 3 nitrogen and oxygen atoms in total. The molecule has 0 aliphatic carbocycles. The van der Waals surface area contributed by atoms with Crippen molar-refractivity contribution in [2.45, 2.75) is 19.4 Å². The molecule has 2 aliphatic rings. The molecule has 84 valence electrons. The lowest BCUT2D eigenvalue weighted by atomic mass is 10.0. The highest BCUT2D eigenvalue weighted by atomic mass is 35.5. The summed E-state index contributed by atoms with van der Waals surface area (Å²) in [6.07, 6.45) is 4.97. The Labute approximate surface area is 99.7 Å². The Morgan fingerprint density at radius 1 is 1.50 bits per heavy atom. The van der Waals surface area contributed by atoms with Gasteiger partial charge in [-0.15, -0.1) is 0 Å². The van der Waals surface area contributed by atoms with Crippen LogP contribution < -0.4 is 10.6 Å². The summed E-state index contributed by atoms with van der Waals surface area (Å²) in [4.78, 5) is 6.78. The summed E-state index contributed by atoms with van der Waals surface area (Å²) in [5.74, 6) is 0. The van der Waals surface area contributed by atoms with E-state index in [0.717, 1.165) is 18.4 Å². The Hall–Kier alpha value is -1.22. The number of halogens is 1. The summed E-state index contributed by atoms with van der Waals surface area (Å²) in [6, 6.07) is 4.75. The van der Waals surface area contributed by atoms with E-state index in [-0.39, 0.29) is 0 Å². The average Bonchev–Trinajstić information content (AvgIpc) is 2.27. The second-order valence-corrected chi connectivity index (χ2v) is 4.84. The van der Waals surface area contributed by atoms with Crippen LogP contribution in [0.15, 0.2) is 18.3 Å². The number of hydrogen-bond donors (Lipinski definition) is 0. The molecule has 4 heteroatoms. The van der Waals surface area contributed by atoms with E-state index in [1.807, 2.05) is 18.5 Å². The minimum Gasteiger partial charge on any atom is -0.370 e. The van der Waals surface area contributed by atoms with Crippen molar-refractivity contribution in [3.8, 4) is 0 Å². The zero-order valence-electron chi connectivity index (χ0n) is 9.23. The SMILES string of the molecule is C[C@H]1CCN1C1=c2cccnc2=CN(Cl)C1. The van der Waals surface area contributed by atoms with E-state index in [1.165, 1.54) is 17.3 Å². The number of pyridine rings is 1. The first-order valence-corrected chi connectivity index (χ1v) is 5.94. The Morgan fingerprint density at radius 3 is 3.06 bits per heavy atom. The van der Waals surface area contributed by atoms with Crippen LogP contribution in [0, 0.1) is 0 Å². The molecule has 0 amide bonds. The van der Waals surface area contributed by atoms with Gasteiger partial charge in [-0.1, -0.05) is 0 Å². The Bertz CT molecular complexity index is 525. The fourth-order valence-electron chi connectivity index (χ4n) is 2.33. The lowest BCUT2D eigenvalue weighted by molar-refractivity contribution is 0.179. The molecule has 0 unspecified atom stereocenters. The summed E-state index contributed by atoms with van der Waals surface area (Å²) in [6.45, 7) is 4.16. The van der Waals surface area contributed by atoms with Crippen molar-refractivity contribution in [2.75, 3.05) is 13.1 Å². The van der Waals surface area contributed by atoms with Gasteiger partial charge in [0.1, 0.15) is 0 Å². The second kappa shape index (κ2) is 3.67. The normalized spacial score (nSPS) is 23.6. The van der Waals surface area contributed by atoms with Gasteiger partial charge in [0.05, 0.1) is 11.9 Å². The minimum absolute atomic E-state index is 0.631. The van der Waals surface area contributed by atoms with Gasteiger partial charge in [-0.25, -0.2) is 0 Å². The van der Waals surface area contributed by atoms with Crippen LogP contribution in [0.3, 0.4) is 0 Å². The maximum Gasteiger partial charge on any atom is 0.0892 e. The molecule has 1 atom stereocenters. The van der Waals surface area contributed by atoms with Crippen molar-refractivity contribution in [2.24, 2.45) is 0 Å². The van der Waals surface area contributed by atoms with Gasteiger partial charge in [-0.3, -0.25) is 9.40 Å². The molecule has 0 N–H and O–H groups in total. The van der Waals surface area contributed by atoms with E-state index in [0.29, 0.717) is 6.04 Å². The van der Waals surface area contributed by atoms with E-state index in [9.17, 15) is 0 Å². The van der Waals surface area contributed by atoms with E-state index >= 15 is 0 Å². The van der Waals surface area contributed by atoms with Crippen molar-refractivity contribution in [1.29, 1.82) is 0 Å². The molecule has 0 radical (unpaired) electrons. The van der Waals surface area contributed by atoms with Crippen molar-refractivity contribution >= 4 is 23.7 Å². The van der Waals surface area contributed by atoms with Crippen molar-refractivity contribution in [3.63, 3.8) is 0 Å². The number of rotatable bonds is 1. The molecular weight excluding hydrogens is 222 g/mol. The van der Waals surface area contributed by atoms with Crippen LogP contribution in [-0.4, -0.2) is 33.4 Å². The third kappa shape index (κ3) is 1.47. The summed E-state index contributed by atoms with van der Waals surface area (Å²) in [5.41, 5.74) is 1.30. The molecule has 3 heterocycles. The molecule has 1 fully saturated rings. The maximum absolute atomic E-state index is 6.10. The van der Waals surface area contributed by atoms with Crippen LogP contribution in [0.1, 0.15) is 13.3 Å². The molecule has 0 aromatic carbocycles. The lowest BCUT2D eigenvalue weighted by Gasteiger charge is -2.43. The predicted molar refractivity (Wildman–Crippen MR) is 64.7 cm³/mol. The van der Waals surface area contributed by atoms with E-state index in [4.69, 9.17) is 11.8 Å². The first-order chi connectivity index (χ1) is 7.75. The Balaban J connectivity index is 2.18. The number of likely N-dealkylation sites (tertiary alicyclic amines) is 1. The molecule has 3 rings (SSSR count). The van der Waals surface area contributed by atoms with Gasteiger partial charge in [0, 0.05) is 47.7 Å². The van der Waals surface area contributed by atoms with Gasteiger partial charge in [-0.2, -0.15) is 0 Å². The Kier molecular flexibility index (Phi) is 2.28. The van der Waals surface area contributed by atoms with Crippen LogP contribution >= 0.6 is 11.8 Å². The zero-order chi connectivity index (χ0) is 11.1. The molecule has 2 aliphatic heterocycles. The minimum atomic E-state index is 0.631. The molecule has 0 spiro atoms. The van der Waals surface area contributed by atoms with Crippen LogP contribution in [-0.2, 0) is 0 Å². The zero-order valence-corrected chi connectivity index (χ0v) is 9.98. The number of fused-ring (bicyclic) bond motifs is 1. The number of nitrogens with zero attached hydrogens (tertiary/aromatic N) is 3. The molecule has 0 saturated carbocycles. The number of aromatic nitrogens is 1. The summed E-state index contributed by atoms with van der Waals surface area (Å²) < 4.78 is 1.69. The van der Waals surface area contributed by atoms with Crippen molar-refractivity contribution < 1.29 is 0 Å². The third-order valence-electron chi connectivity index (χ3n) is 3.38. The van der Waals surface area contributed by atoms with Crippen LogP contribution in [0.4, 0.5) is 0 Å². The summed E-state index contributed by atoms with van der Waals surface area (Å²) >= 11 is 6.10. The quantitative estimate of drug-likeness (QED) is 0.661. The fraction of sp³-hybridized carbons (Fsp3) is 0.417. The van der Waals surface area contributed by atoms with Gasteiger partial charge in [0.2, 0.25) is 0 Å². The lowest BCUT2D eigenvalue weighted by Crippen LogP contribution is -2.51. The van der Waals surface area contributed by atoms with E-state index in [1.54, 1.807) is 4.42 Å². The largest absolute Gasteiger partial charge is 0.370 e. The molecule has 16 heavy (non-hydrogen) atoms. The summed E-state index contributed by atoms with van der Waals surface area (Å²) in [7, 11) is 0. The summed E-state index contributed by atoms with van der Waals surface area (Å²) in [5, 5.41) is 2.20. The topological polar surface area (TPSA) is 19.4 Å². The van der Waals surface area contributed by atoms with Gasteiger partial charge in [-0.05, 0) is 25.5 Å². The van der Waals surface area contributed by atoms with Crippen LogP contribution in [0.2, 0.25) is 0 Å². The Morgan fingerprint density at radius 2 is 2.38 bits per heavy atom. The molecule has 1 aromatic heterocycles. The number of hydrogen-bond acceptors (Lipinski definition) is 3. The first kappa shape index (κ1) is 9.97. The van der Waals surface area contributed by atoms with E-state index in [2.05, 4.69) is 22.9 Å². The maximum atomic E-state index is 6.10. The molecule has 0 bridgehead atoms. The molecule has 1 aromatic rings. The highest BCUT2D eigenvalue weighted by Gasteiger charge is 2.27. The highest BCUT2D eigenvalue weighted by molar-refractivity contribution is 6.16. The third-order valence-corrected chi connectivity index (χ3v) is 3.60. The average molecular weight is 236 g/mol. The van der Waals surface area contributed by atoms with Crippen LogP contribution in [0.5, 0.6) is 0 Å². The van der Waals surface area contributed by atoms with E-state index < -0.39 is 0 Å². The monoisotopic (exact) mass is 235 g/mol. The smallest absolute Gasteiger partial charge is 0.0892 e. The predicted octanol–water partition coefficient (Wildman–Crippen LogP) is 0.491. The van der Waals surface area contributed by atoms with Gasteiger partial charge in [0.15, 0.2) is 0 Å². The second-order valence-electron chi connectivity index (χ2n) is 4.40. The molecular formula is C12H14ClN3. The fourth-order valence-corrected chi connectivity index (χ4v) is 2.54. The first-order valence-electron chi connectivity index (χ1n) is 5.61. The highest BCUT2D eigenvalue weighted by Crippen LogP contribution is 2.24. The standard InChI is InChI=1S/C12H14ClN3/c1-9-4-6-16(9)12-8-15(13)7-11-10(12)3-2-5-14-11/h2-3,5,7,9H,4,6,8H2,1H3/t9-/m0/s1. The van der Waals surface area contributed by atoms with Gasteiger partial charge < -0.3 is 4.90 Å². The van der Waals surface area contributed by atoms with Crippen LogP contribution in [0.25, 0.3) is 11.9 Å². The van der Waals surface area contributed by atoms with Gasteiger partial charge in [0.25, 0.3) is 0 Å².